The van der Waals surface area contributed by atoms with Crippen LogP contribution in [0.5, 0.6) is 0 Å². The molecule has 2 aromatic carbocycles. The summed E-state index contributed by atoms with van der Waals surface area (Å²) in [5.41, 5.74) is -0.499. The molecule has 3 rings (SSSR count). The number of nitrogens with zero attached hydrogens (tertiary/aromatic N) is 2. The van der Waals surface area contributed by atoms with Gasteiger partial charge in [-0.2, -0.15) is 13.2 Å². The first-order valence-corrected chi connectivity index (χ1v) is 9.62. The lowest BCUT2D eigenvalue weighted by Crippen LogP contribution is -2.41. The average molecular weight is 421 g/mol. The molecule has 1 atom stereocenters. The Morgan fingerprint density at radius 3 is 2.37 bits per heavy atom. The normalized spacial score (nSPS) is 16.2. The van der Waals surface area contributed by atoms with Crippen molar-refractivity contribution in [1.29, 1.82) is 0 Å². The van der Waals surface area contributed by atoms with E-state index >= 15 is 0 Å². The summed E-state index contributed by atoms with van der Waals surface area (Å²) in [6, 6.07) is 12.0. The maximum absolute atomic E-state index is 12.9. The Labute approximate surface area is 171 Å². The van der Waals surface area contributed by atoms with Crippen molar-refractivity contribution in [2.75, 3.05) is 18.0 Å². The first kappa shape index (κ1) is 21.6. The van der Waals surface area contributed by atoms with Crippen LogP contribution in [0.3, 0.4) is 0 Å². The molecule has 0 saturated carbocycles. The third kappa shape index (κ3) is 4.90. The third-order valence-corrected chi connectivity index (χ3v) is 5.36. The number of piperidine rings is 1. The average Bonchev–Trinajstić information content (AvgIpc) is 2.73. The predicted octanol–water partition coefficient (Wildman–Crippen LogP) is 4.71. The number of benzene rings is 2. The van der Waals surface area contributed by atoms with Gasteiger partial charge in [0, 0.05) is 25.1 Å². The van der Waals surface area contributed by atoms with E-state index in [-0.39, 0.29) is 23.6 Å². The van der Waals surface area contributed by atoms with Crippen LogP contribution in [0.25, 0.3) is 0 Å². The van der Waals surface area contributed by atoms with Crippen molar-refractivity contribution in [2.45, 2.75) is 32.0 Å². The number of carbonyl (C=O) groups excluding carboxylic acids is 1. The van der Waals surface area contributed by atoms with E-state index in [0.717, 1.165) is 17.7 Å². The number of hydrogen-bond acceptors (Lipinski definition) is 4. The number of rotatable bonds is 5. The highest BCUT2D eigenvalue weighted by molar-refractivity contribution is 5.79. The van der Waals surface area contributed by atoms with Gasteiger partial charge < -0.3 is 10.2 Å². The molecule has 0 bridgehead atoms. The van der Waals surface area contributed by atoms with E-state index in [2.05, 4.69) is 5.32 Å². The third-order valence-electron chi connectivity index (χ3n) is 5.36. The number of nitro groups is 1. The highest BCUT2D eigenvalue weighted by Crippen LogP contribution is 2.37. The van der Waals surface area contributed by atoms with Gasteiger partial charge in [-0.25, -0.2) is 0 Å². The molecular formula is C21H22F3N3O3. The fourth-order valence-electron chi connectivity index (χ4n) is 3.65. The summed E-state index contributed by atoms with van der Waals surface area (Å²) in [7, 11) is 0. The maximum Gasteiger partial charge on any atom is 0.416 e. The summed E-state index contributed by atoms with van der Waals surface area (Å²) >= 11 is 0. The van der Waals surface area contributed by atoms with Crippen LogP contribution in [0.15, 0.2) is 48.5 Å². The summed E-state index contributed by atoms with van der Waals surface area (Å²) < 4.78 is 38.7. The topological polar surface area (TPSA) is 75.5 Å². The van der Waals surface area contributed by atoms with Crippen molar-refractivity contribution in [3.63, 3.8) is 0 Å². The molecule has 1 aliphatic rings. The summed E-state index contributed by atoms with van der Waals surface area (Å²) in [5, 5.41) is 14.3. The second kappa shape index (κ2) is 8.73. The number of hydrogen-bond donors (Lipinski definition) is 1. The van der Waals surface area contributed by atoms with Crippen molar-refractivity contribution >= 4 is 17.3 Å². The molecule has 2 aromatic rings. The Morgan fingerprint density at radius 2 is 1.80 bits per heavy atom. The van der Waals surface area contributed by atoms with Gasteiger partial charge in [-0.05, 0) is 37.5 Å². The number of anilines is 1. The molecule has 160 valence electrons. The van der Waals surface area contributed by atoms with E-state index in [4.69, 9.17) is 0 Å². The monoisotopic (exact) mass is 421 g/mol. The lowest BCUT2D eigenvalue weighted by atomic mass is 9.94. The van der Waals surface area contributed by atoms with Gasteiger partial charge in [0.2, 0.25) is 5.91 Å². The molecule has 0 aromatic heterocycles. The van der Waals surface area contributed by atoms with Gasteiger partial charge in [0.15, 0.2) is 0 Å². The first-order valence-electron chi connectivity index (χ1n) is 9.62. The molecule has 0 radical (unpaired) electrons. The van der Waals surface area contributed by atoms with Gasteiger partial charge in [0.25, 0.3) is 5.69 Å². The predicted molar refractivity (Wildman–Crippen MR) is 106 cm³/mol. The Morgan fingerprint density at radius 1 is 1.17 bits per heavy atom. The number of halogens is 3. The van der Waals surface area contributed by atoms with E-state index in [1.807, 2.05) is 37.3 Å². The van der Waals surface area contributed by atoms with Gasteiger partial charge in [0.1, 0.15) is 5.69 Å². The van der Waals surface area contributed by atoms with Crippen molar-refractivity contribution in [3.8, 4) is 0 Å². The van der Waals surface area contributed by atoms with Crippen LogP contribution >= 0.6 is 0 Å². The number of nitrogens with one attached hydrogen (secondary N) is 1. The molecule has 1 aliphatic heterocycles. The highest BCUT2D eigenvalue weighted by Gasteiger charge is 2.35. The Kier molecular flexibility index (Phi) is 6.28. The standard InChI is InChI=1S/C21H22F3N3O3/c1-14(15-5-3-2-4-6-15)25-20(28)16-9-11-26(12-10-16)18-8-7-17(21(22,23)24)13-19(18)27(29)30/h2-8,13-14,16H,9-12H2,1H3,(H,25,28)/t14-/m0/s1. The lowest BCUT2D eigenvalue weighted by molar-refractivity contribution is -0.384. The number of alkyl halides is 3. The fraction of sp³-hybridized carbons (Fsp3) is 0.381. The van der Waals surface area contributed by atoms with Crippen LogP contribution in [0, 0.1) is 16.0 Å². The zero-order valence-electron chi connectivity index (χ0n) is 16.4. The summed E-state index contributed by atoms with van der Waals surface area (Å²) in [6.45, 7) is 2.60. The Bertz CT molecular complexity index is 911. The zero-order valence-corrected chi connectivity index (χ0v) is 16.4. The minimum atomic E-state index is -4.65. The molecule has 0 spiro atoms. The van der Waals surface area contributed by atoms with Crippen LogP contribution < -0.4 is 10.2 Å². The maximum atomic E-state index is 12.9. The molecule has 0 aliphatic carbocycles. The minimum absolute atomic E-state index is 0.0899. The van der Waals surface area contributed by atoms with Gasteiger partial charge >= 0.3 is 6.18 Å². The molecular weight excluding hydrogens is 399 g/mol. The SMILES string of the molecule is C[C@H](NC(=O)C1CCN(c2ccc(C(F)(F)F)cc2[N+](=O)[O-])CC1)c1ccccc1. The van der Waals surface area contributed by atoms with Crippen LogP contribution in [0.4, 0.5) is 24.5 Å². The Balaban J connectivity index is 1.65. The second-order valence-electron chi connectivity index (χ2n) is 7.36. The van der Waals surface area contributed by atoms with Gasteiger partial charge in [-0.1, -0.05) is 30.3 Å². The number of nitro benzene ring substituents is 1. The molecule has 1 fully saturated rings. The molecule has 9 heteroatoms. The minimum Gasteiger partial charge on any atom is -0.366 e. The smallest absolute Gasteiger partial charge is 0.366 e. The van der Waals surface area contributed by atoms with E-state index in [0.29, 0.717) is 32.0 Å². The molecule has 1 heterocycles. The van der Waals surface area contributed by atoms with Gasteiger partial charge in [0.05, 0.1) is 16.5 Å². The van der Waals surface area contributed by atoms with Gasteiger partial charge in [-0.3, -0.25) is 14.9 Å². The van der Waals surface area contributed by atoms with Crippen molar-refractivity contribution in [2.24, 2.45) is 5.92 Å². The van der Waals surface area contributed by atoms with E-state index in [1.165, 1.54) is 0 Å². The summed E-state index contributed by atoms with van der Waals surface area (Å²) in [4.78, 5) is 24.8. The van der Waals surface area contributed by atoms with E-state index < -0.39 is 22.4 Å². The second-order valence-corrected chi connectivity index (χ2v) is 7.36. The molecule has 1 N–H and O–H groups in total. The number of carbonyl (C=O) groups is 1. The van der Waals surface area contributed by atoms with E-state index in [1.54, 1.807) is 4.90 Å². The quantitative estimate of drug-likeness (QED) is 0.561. The first-order chi connectivity index (χ1) is 14.2. The molecule has 1 saturated heterocycles. The van der Waals surface area contributed by atoms with Crippen LogP contribution in [0.2, 0.25) is 0 Å². The largest absolute Gasteiger partial charge is 0.416 e. The molecule has 30 heavy (non-hydrogen) atoms. The van der Waals surface area contributed by atoms with Gasteiger partial charge in [-0.15, -0.1) is 0 Å². The summed E-state index contributed by atoms with van der Waals surface area (Å²) in [5.74, 6) is -0.339. The number of amides is 1. The van der Waals surface area contributed by atoms with Crippen molar-refractivity contribution < 1.29 is 22.9 Å². The van der Waals surface area contributed by atoms with Crippen LogP contribution in [0.1, 0.15) is 36.9 Å². The fourth-order valence-corrected chi connectivity index (χ4v) is 3.65. The van der Waals surface area contributed by atoms with Crippen molar-refractivity contribution in [1.82, 2.24) is 5.32 Å². The molecule has 1 amide bonds. The van der Waals surface area contributed by atoms with E-state index in [9.17, 15) is 28.1 Å². The summed E-state index contributed by atoms with van der Waals surface area (Å²) in [6.07, 6.45) is -3.72. The highest BCUT2D eigenvalue weighted by atomic mass is 19.4. The molecule has 6 nitrogen and oxygen atoms in total. The Hall–Kier alpha value is -3.10. The van der Waals surface area contributed by atoms with Crippen LogP contribution in [-0.2, 0) is 11.0 Å². The van der Waals surface area contributed by atoms with Crippen LogP contribution in [-0.4, -0.2) is 23.9 Å². The lowest BCUT2D eigenvalue weighted by Gasteiger charge is -2.33. The van der Waals surface area contributed by atoms with Crippen molar-refractivity contribution in [3.05, 3.63) is 69.8 Å². The zero-order chi connectivity index (χ0) is 21.9. The molecule has 0 unspecified atom stereocenters.